The molecule has 0 radical (unpaired) electrons. The van der Waals surface area contributed by atoms with Crippen LogP contribution in [0, 0.1) is 0 Å². The fourth-order valence-electron chi connectivity index (χ4n) is 5.43. The number of nitrogens with zero attached hydrogens (tertiary/aromatic N) is 1. The number of rotatable bonds is 12. The number of hydrogen-bond donors (Lipinski definition) is 1. The van der Waals surface area contributed by atoms with E-state index in [4.69, 9.17) is 9.47 Å². The SMILES string of the molecule is CC/C(Cc1ccccc1)=C(\c1ccc(OCCN2CCCC2)cc1)c1ccc(OC(=O)NCc2ccccc2)cc1. The molecular formula is C37H40N2O3. The molecule has 1 N–H and O–H groups in total. The maximum Gasteiger partial charge on any atom is 0.412 e. The Morgan fingerprint density at radius 3 is 1.90 bits per heavy atom. The molecule has 42 heavy (non-hydrogen) atoms. The third-order valence-electron chi connectivity index (χ3n) is 7.69. The summed E-state index contributed by atoms with van der Waals surface area (Å²) in [5, 5.41) is 2.82. The van der Waals surface area contributed by atoms with E-state index in [-0.39, 0.29) is 0 Å². The molecule has 1 aliphatic heterocycles. The van der Waals surface area contributed by atoms with Crippen LogP contribution in [0.2, 0.25) is 0 Å². The molecule has 5 nitrogen and oxygen atoms in total. The molecule has 1 saturated heterocycles. The second-order valence-electron chi connectivity index (χ2n) is 10.7. The van der Waals surface area contributed by atoms with Gasteiger partial charge in [0.1, 0.15) is 18.1 Å². The molecule has 0 atom stereocenters. The molecule has 5 rings (SSSR count). The van der Waals surface area contributed by atoms with Crippen molar-refractivity contribution in [3.05, 3.63) is 137 Å². The van der Waals surface area contributed by atoms with Crippen LogP contribution in [0.4, 0.5) is 4.79 Å². The van der Waals surface area contributed by atoms with Gasteiger partial charge in [0.25, 0.3) is 0 Å². The molecule has 0 bridgehead atoms. The van der Waals surface area contributed by atoms with Crippen molar-refractivity contribution >= 4 is 11.7 Å². The van der Waals surface area contributed by atoms with Gasteiger partial charge < -0.3 is 14.8 Å². The highest BCUT2D eigenvalue weighted by atomic mass is 16.6. The lowest BCUT2D eigenvalue weighted by Crippen LogP contribution is -2.26. The van der Waals surface area contributed by atoms with Gasteiger partial charge >= 0.3 is 6.09 Å². The summed E-state index contributed by atoms with van der Waals surface area (Å²) in [5.74, 6) is 1.40. The number of ether oxygens (including phenoxy) is 2. The van der Waals surface area contributed by atoms with Crippen LogP contribution >= 0.6 is 0 Å². The summed E-state index contributed by atoms with van der Waals surface area (Å²) in [6.07, 6.45) is 3.89. The molecule has 4 aromatic carbocycles. The zero-order valence-electron chi connectivity index (χ0n) is 24.4. The summed E-state index contributed by atoms with van der Waals surface area (Å²) in [6, 6.07) is 36.6. The lowest BCUT2D eigenvalue weighted by Gasteiger charge is -2.18. The van der Waals surface area contributed by atoms with Crippen molar-refractivity contribution in [3.63, 3.8) is 0 Å². The lowest BCUT2D eigenvalue weighted by molar-refractivity contribution is 0.200. The Kier molecular flexibility index (Phi) is 10.4. The van der Waals surface area contributed by atoms with Gasteiger partial charge in [0.15, 0.2) is 0 Å². The third kappa shape index (κ3) is 8.34. The number of allylic oxidation sites excluding steroid dienone is 1. The van der Waals surface area contributed by atoms with Crippen LogP contribution in [-0.2, 0) is 13.0 Å². The molecule has 1 heterocycles. The highest BCUT2D eigenvalue weighted by Crippen LogP contribution is 2.32. The fourth-order valence-corrected chi connectivity index (χ4v) is 5.43. The molecule has 0 aliphatic carbocycles. The van der Waals surface area contributed by atoms with Gasteiger partial charge in [-0.1, -0.05) is 97.4 Å². The van der Waals surface area contributed by atoms with E-state index in [0.29, 0.717) is 18.9 Å². The minimum atomic E-state index is -0.471. The Bertz CT molecular complexity index is 1430. The Balaban J connectivity index is 1.32. The van der Waals surface area contributed by atoms with Gasteiger partial charge in [-0.2, -0.15) is 0 Å². The molecular weight excluding hydrogens is 520 g/mol. The Morgan fingerprint density at radius 2 is 1.31 bits per heavy atom. The molecule has 1 fully saturated rings. The first-order valence-electron chi connectivity index (χ1n) is 15.0. The highest BCUT2D eigenvalue weighted by Gasteiger charge is 2.14. The van der Waals surface area contributed by atoms with Crippen molar-refractivity contribution in [2.24, 2.45) is 0 Å². The van der Waals surface area contributed by atoms with E-state index in [0.717, 1.165) is 41.8 Å². The molecule has 4 aromatic rings. The van der Waals surface area contributed by atoms with E-state index in [1.54, 1.807) is 0 Å². The molecule has 0 unspecified atom stereocenters. The lowest BCUT2D eigenvalue weighted by atomic mass is 9.88. The maximum absolute atomic E-state index is 12.4. The van der Waals surface area contributed by atoms with Crippen LogP contribution < -0.4 is 14.8 Å². The average molecular weight is 561 g/mol. The Morgan fingerprint density at radius 1 is 0.738 bits per heavy atom. The number of likely N-dealkylation sites (tertiary alicyclic amines) is 1. The first-order chi connectivity index (χ1) is 20.7. The normalized spacial score (nSPS) is 13.8. The molecule has 1 amide bonds. The number of amides is 1. The second-order valence-corrected chi connectivity index (χ2v) is 10.7. The molecule has 5 heteroatoms. The molecule has 1 aliphatic rings. The largest absolute Gasteiger partial charge is 0.492 e. The van der Waals surface area contributed by atoms with Gasteiger partial charge in [0.2, 0.25) is 0 Å². The zero-order chi connectivity index (χ0) is 29.0. The van der Waals surface area contributed by atoms with E-state index in [1.807, 2.05) is 54.6 Å². The van der Waals surface area contributed by atoms with Gasteiger partial charge in [-0.3, -0.25) is 4.90 Å². The van der Waals surface area contributed by atoms with Crippen molar-refractivity contribution in [2.75, 3.05) is 26.2 Å². The quantitative estimate of drug-likeness (QED) is 0.191. The topological polar surface area (TPSA) is 50.8 Å². The number of nitrogens with one attached hydrogen (secondary N) is 1. The summed E-state index contributed by atoms with van der Waals surface area (Å²) in [7, 11) is 0. The van der Waals surface area contributed by atoms with E-state index < -0.39 is 6.09 Å². The predicted octanol–water partition coefficient (Wildman–Crippen LogP) is 7.90. The predicted molar refractivity (Wildman–Crippen MR) is 170 cm³/mol. The van der Waals surface area contributed by atoms with Gasteiger partial charge in [0, 0.05) is 13.1 Å². The number of carbonyl (C=O) groups excluding carboxylic acids is 1. The molecule has 0 spiro atoms. The number of benzene rings is 4. The molecule has 0 aromatic heterocycles. The van der Waals surface area contributed by atoms with Crippen LogP contribution in [0.15, 0.2) is 115 Å². The van der Waals surface area contributed by atoms with Gasteiger partial charge in [0.05, 0.1) is 0 Å². The van der Waals surface area contributed by atoms with E-state index in [1.165, 1.54) is 42.6 Å². The van der Waals surface area contributed by atoms with Crippen LogP contribution in [0.5, 0.6) is 11.5 Å². The summed E-state index contributed by atoms with van der Waals surface area (Å²) in [5.41, 5.74) is 7.08. The monoisotopic (exact) mass is 560 g/mol. The zero-order valence-corrected chi connectivity index (χ0v) is 24.4. The van der Waals surface area contributed by atoms with Crippen LogP contribution in [0.3, 0.4) is 0 Å². The van der Waals surface area contributed by atoms with Gasteiger partial charge in [-0.05, 0) is 90.9 Å². The summed E-state index contributed by atoms with van der Waals surface area (Å²) in [4.78, 5) is 14.9. The fraction of sp³-hybridized carbons (Fsp3) is 0.270. The molecule has 216 valence electrons. The highest BCUT2D eigenvalue weighted by molar-refractivity contribution is 5.83. The summed E-state index contributed by atoms with van der Waals surface area (Å²) < 4.78 is 11.6. The van der Waals surface area contributed by atoms with Crippen LogP contribution in [0.1, 0.15) is 48.4 Å². The number of hydrogen-bond acceptors (Lipinski definition) is 4. The first-order valence-corrected chi connectivity index (χ1v) is 15.0. The number of carbonyl (C=O) groups is 1. The second kappa shape index (κ2) is 15.0. The van der Waals surface area contributed by atoms with E-state index in [2.05, 4.69) is 71.7 Å². The smallest absolute Gasteiger partial charge is 0.412 e. The Labute approximate surface area is 249 Å². The maximum atomic E-state index is 12.4. The van der Waals surface area contributed by atoms with Crippen molar-refractivity contribution < 1.29 is 14.3 Å². The molecule has 0 saturated carbocycles. The third-order valence-corrected chi connectivity index (χ3v) is 7.69. The average Bonchev–Trinajstić information content (AvgIpc) is 3.56. The van der Waals surface area contributed by atoms with Crippen molar-refractivity contribution in [3.8, 4) is 11.5 Å². The van der Waals surface area contributed by atoms with Crippen LogP contribution in [0.25, 0.3) is 5.57 Å². The minimum Gasteiger partial charge on any atom is -0.492 e. The van der Waals surface area contributed by atoms with Crippen molar-refractivity contribution in [2.45, 2.75) is 39.2 Å². The van der Waals surface area contributed by atoms with Gasteiger partial charge in [-0.15, -0.1) is 0 Å². The summed E-state index contributed by atoms with van der Waals surface area (Å²) in [6.45, 7) is 6.67. The van der Waals surface area contributed by atoms with E-state index in [9.17, 15) is 4.79 Å². The van der Waals surface area contributed by atoms with Crippen molar-refractivity contribution in [1.29, 1.82) is 0 Å². The minimum absolute atomic E-state index is 0.419. The van der Waals surface area contributed by atoms with Crippen LogP contribution in [-0.4, -0.2) is 37.2 Å². The first kappa shape index (κ1) is 29.2. The van der Waals surface area contributed by atoms with E-state index >= 15 is 0 Å². The standard InChI is InChI=1S/C37H40N2O3/c1-2-31(27-29-11-5-3-6-12-29)36(32-15-19-34(20-16-32)41-26-25-39-23-9-10-24-39)33-17-21-35(22-18-33)42-37(40)38-28-30-13-7-4-8-14-30/h3-8,11-22H,2,9-10,23-28H2,1H3,(H,38,40)/b36-31-. The summed E-state index contributed by atoms with van der Waals surface area (Å²) >= 11 is 0. The van der Waals surface area contributed by atoms with Crippen molar-refractivity contribution in [1.82, 2.24) is 10.2 Å². The van der Waals surface area contributed by atoms with Gasteiger partial charge in [-0.25, -0.2) is 4.79 Å². The Hall–Kier alpha value is -4.35.